The Labute approximate surface area is 510 Å². The molecular formula is C77H120O6. The van der Waals surface area contributed by atoms with Crippen LogP contribution in [0.25, 0.3) is 0 Å². The summed E-state index contributed by atoms with van der Waals surface area (Å²) in [4.78, 5) is 38.2. The van der Waals surface area contributed by atoms with Crippen LogP contribution in [-0.4, -0.2) is 37.2 Å². The Balaban J connectivity index is 4.33. The molecule has 6 heteroatoms. The Hall–Kier alpha value is -5.49. The zero-order valence-electron chi connectivity index (χ0n) is 53.1. The fourth-order valence-electron chi connectivity index (χ4n) is 8.51. The summed E-state index contributed by atoms with van der Waals surface area (Å²) in [5, 5.41) is 0. The van der Waals surface area contributed by atoms with Gasteiger partial charge in [0.2, 0.25) is 0 Å². The lowest BCUT2D eigenvalue weighted by Crippen LogP contribution is -2.30. The van der Waals surface area contributed by atoms with Gasteiger partial charge in [-0.2, -0.15) is 0 Å². The van der Waals surface area contributed by atoms with E-state index in [1.165, 1.54) is 70.6 Å². The molecule has 0 spiro atoms. The molecule has 0 bridgehead atoms. The van der Waals surface area contributed by atoms with Gasteiger partial charge in [0.25, 0.3) is 0 Å². The van der Waals surface area contributed by atoms with E-state index in [-0.39, 0.29) is 37.5 Å². The molecule has 83 heavy (non-hydrogen) atoms. The van der Waals surface area contributed by atoms with Crippen molar-refractivity contribution in [2.24, 2.45) is 0 Å². The summed E-state index contributed by atoms with van der Waals surface area (Å²) < 4.78 is 16.8. The molecule has 0 N–H and O–H groups in total. The summed E-state index contributed by atoms with van der Waals surface area (Å²) in [6.45, 7) is 6.33. The molecule has 0 aromatic carbocycles. The zero-order valence-corrected chi connectivity index (χ0v) is 53.1. The molecule has 464 valence electrons. The van der Waals surface area contributed by atoms with Crippen LogP contribution in [0.3, 0.4) is 0 Å². The van der Waals surface area contributed by atoms with Crippen molar-refractivity contribution in [3.8, 4) is 0 Å². The normalized spacial score (nSPS) is 13.3. The lowest BCUT2D eigenvalue weighted by molar-refractivity contribution is -0.167. The maximum atomic E-state index is 12.9. The summed E-state index contributed by atoms with van der Waals surface area (Å²) in [6.07, 6.45) is 103. The van der Waals surface area contributed by atoms with Gasteiger partial charge in [-0.15, -0.1) is 0 Å². The van der Waals surface area contributed by atoms with Gasteiger partial charge in [0.15, 0.2) is 6.10 Å². The minimum Gasteiger partial charge on any atom is -0.462 e. The van der Waals surface area contributed by atoms with Gasteiger partial charge in [0, 0.05) is 19.3 Å². The van der Waals surface area contributed by atoms with Crippen molar-refractivity contribution < 1.29 is 28.6 Å². The van der Waals surface area contributed by atoms with Gasteiger partial charge in [0.1, 0.15) is 13.2 Å². The molecule has 0 aromatic heterocycles. The maximum absolute atomic E-state index is 12.9. The third-order valence-electron chi connectivity index (χ3n) is 13.4. The molecule has 0 heterocycles. The number of allylic oxidation sites excluding steroid dienone is 30. The maximum Gasteiger partial charge on any atom is 0.306 e. The van der Waals surface area contributed by atoms with E-state index >= 15 is 0 Å². The largest absolute Gasteiger partial charge is 0.462 e. The van der Waals surface area contributed by atoms with Gasteiger partial charge >= 0.3 is 17.9 Å². The number of rotatable bonds is 58. The molecule has 1 unspecified atom stereocenters. The SMILES string of the molecule is CC/C=C\C/C=C\C/C=C\C/C=C\C/C=C\C/C=C\C/C=C\C/C=C\CCCCCCCCCCC(=O)OCC(COC(=O)CCCCCCCCCCC)OC(=O)CCC/C=C\C/C=C\C/C=C\C/C=C\C/C=C\C/C=C\C/C=C\CC. The van der Waals surface area contributed by atoms with Crippen LogP contribution in [0.4, 0.5) is 0 Å². The first kappa shape index (κ1) is 77.5. The fraction of sp³-hybridized carbons (Fsp3) is 0.571. The van der Waals surface area contributed by atoms with Crippen LogP contribution in [0, 0.1) is 0 Å². The highest BCUT2D eigenvalue weighted by Gasteiger charge is 2.19. The Morgan fingerprint density at radius 3 is 0.771 bits per heavy atom. The lowest BCUT2D eigenvalue weighted by Gasteiger charge is -2.18. The van der Waals surface area contributed by atoms with Crippen LogP contribution in [0.1, 0.15) is 265 Å². The van der Waals surface area contributed by atoms with Gasteiger partial charge in [-0.1, -0.05) is 293 Å². The van der Waals surface area contributed by atoms with Crippen molar-refractivity contribution in [2.45, 2.75) is 271 Å². The average molecular weight is 1140 g/mol. The van der Waals surface area contributed by atoms with E-state index in [9.17, 15) is 14.4 Å². The van der Waals surface area contributed by atoms with Gasteiger partial charge in [0.05, 0.1) is 0 Å². The predicted octanol–water partition coefficient (Wildman–Crippen LogP) is 23.2. The highest BCUT2D eigenvalue weighted by molar-refractivity contribution is 5.71. The first-order valence-electron chi connectivity index (χ1n) is 33.3. The Morgan fingerprint density at radius 1 is 0.253 bits per heavy atom. The molecule has 0 fully saturated rings. The van der Waals surface area contributed by atoms with E-state index in [2.05, 4.69) is 203 Å². The first-order chi connectivity index (χ1) is 41.0. The van der Waals surface area contributed by atoms with Crippen LogP contribution in [-0.2, 0) is 28.6 Å². The van der Waals surface area contributed by atoms with Crippen LogP contribution in [0.2, 0.25) is 0 Å². The fourth-order valence-corrected chi connectivity index (χ4v) is 8.51. The Kier molecular flexibility index (Phi) is 64.4. The highest BCUT2D eigenvalue weighted by Crippen LogP contribution is 2.14. The Bertz CT molecular complexity index is 1940. The predicted molar refractivity (Wildman–Crippen MR) is 361 cm³/mol. The van der Waals surface area contributed by atoms with Gasteiger partial charge in [-0.05, 0) is 135 Å². The molecule has 0 saturated carbocycles. The monoisotopic (exact) mass is 1140 g/mol. The van der Waals surface area contributed by atoms with E-state index in [0.717, 1.165) is 148 Å². The van der Waals surface area contributed by atoms with E-state index in [0.29, 0.717) is 19.3 Å². The quantitative estimate of drug-likeness (QED) is 0.0261. The van der Waals surface area contributed by atoms with Crippen LogP contribution in [0.5, 0.6) is 0 Å². The Morgan fingerprint density at radius 2 is 0.482 bits per heavy atom. The van der Waals surface area contributed by atoms with Crippen molar-refractivity contribution in [1.82, 2.24) is 0 Å². The first-order valence-corrected chi connectivity index (χ1v) is 33.3. The smallest absolute Gasteiger partial charge is 0.306 e. The number of carbonyl (C=O) groups is 3. The molecule has 0 aliphatic heterocycles. The molecule has 6 nitrogen and oxygen atoms in total. The molecule has 0 aliphatic carbocycles. The second kappa shape index (κ2) is 69.0. The van der Waals surface area contributed by atoms with Crippen LogP contribution in [0.15, 0.2) is 182 Å². The van der Waals surface area contributed by atoms with Crippen molar-refractivity contribution >= 4 is 17.9 Å². The van der Waals surface area contributed by atoms with E-state index in [4.69, 9.17) is 14.2 Å². The molecule has 0 aliphatic rings. The van der Waals surface area contributed by atoms with Crippen molar-refractivity contribution in [3.05, 3.63) is 182 Å². The topological polar surface area (TPSA) is 78.9 Å². The average Bonchev–Trinajstić information content (AvgIpc) is 3.49. The van der Waals surface area contributed by atoms with Crippen molar-refractivity contribution in [1.29, 1.82) is 0 Å². The van der Waals surface area contributed by atoms with Crippen LogP contribution >= 0.6 is 0 Å². The molecule has 0 saturated heterocycles. The standard InChI is InChI=1S/C77H120O6/c1-4-7-10-13-16-19-21-23-25-27-29-31-33-34-35-36-37-38-39-40-41-42-44-45-47-49-51-53-55-58-61-64-67-70-76(79)82-73-74(72-81-75(78)69-66-63-60-57-18-15-12-9-6-3)83-77(80)71-68-65-62-59-56-54-52-50-48-46-43-32-30-28-26-24-22-20-17-14-11-8-5-2/h7-8,10-11,16-17,19-20,23-26,29-32,34-35,37-38,40-41,44-46,48,52,54,59,62,74H,4-6,9,12-15,18,21-22,27-28,33,36,39,42-43,47,49-51,53,55-58,60-61,63-73H2,1-3H3/b10-7-,11-8-,19-16-,20-17-,25-23-,26-24-,31-29-,32-30-,35-34-,38-37-,41-40-,45-44-,48-46-,54-52-,62-59-. The van der Waals surface area contributed by atoms with Gasteiger partial charge < -0.3 is 14.2 Å². The summed E-state index contributed by atoms with van der Waals surface area (Å²) in [7, 11) is 0. The van der Waals surface area contributed by atoms with Gasteiger partial charge in [-0.25, -0.2) is 0 Å². The summed E-state index contributed by atoms with van der Waals surface area (Å²) in [6, 6.07) is 0. The number of hydrogen-bond donors (Lipinski definition) is 0. The molecular weight excluding hydrogens is 1020 g/mol. The number of ether oxygens (including phenoxy) is 3. The van der Waals surface area contributed by atoms with E-state index < -0.39 is 6.10 Å². The zero-order chi connectivity index (χ0) is 59.9. The minimum atomic E-state index is -0.820. The van der Waals surface area contributed by atoms with Gasteiger partial charge in [-0.3, -0.25) is 14.4 Å². The van der Waals surface area contributed by atoms with Crippen molar-refractivity contribution in [2.75, 3.05) is 13.2 Å². The number of unbranched alkanes of at least 4 members (excludes halogenated alkanes) is 17. The number of hydrogen-bond acceptors (Lipinski definition) is 6. The third-order valence-corrected chi connectivity index (χ3v) is 13.4. The van der Waals surface area contributed by atoms with E-state index in [1.807, 2.05) is 0 Å². The number of carbonyl (C=O) groups excluding carboxylic acids is 3. The van der Waals surface area contributed by atoms with E-state index in [1.54, 1.807) is 0 Å². The highest BCUT2D eigenvalue weighted by atomic mass is 16.6. The second-order valence-electron chi connectivity index (χ2n) is 21.3. The second-order valence-corrected chi connectivity index (χ2v) is 21.3. The molecule has 0 rings (SSSR count). The summed E-state index contributed by atoms with van der Waals surface area (Å²) in [5.41, 5.74) is 0. The third kappa shape index (κ3) is 67.2. The molecule has 0 radical (unpaired) electrons. The number of esters is 3. The van der Waals surface area contributed by atoms with Crippen molar-refractivity contribution in [3.63, 3.8) is 0 Å². The molecule has 0 aromatic rings. The summed E-state index contributed by atoms with van der Waals surface area (Å²) >= 11 is 0. The summed E-state index contributed by atoms with van der Waals surface area (Å²) in [5.74, 6) is -0.988. The van der Waals surface area contributed by atoms with Crippen LogP contribution < -0.4 is 0 Å². The molecule has 1 atom stereocenters. The minimum absolute atomic E-state index is 0.110. The lowest BCUT2D eigenvalue weighted by atomic mass is 10.1. The molecule has 0 amide bonds.